The van der Waals surface area contributed by atoms with Gasteiger partial charge in [0.25, 0.3) is 0 Å². The SMILES string of the molecule is CC(C)NCCOS(=O)(=O)O. The van der Waals surface area contributed by atoms with E-state index in [0.29, 0.717) is 6.54 Å². The second-order valence-corrected chi connectivity index (χ2v) is 3.45. The first kappa shape index (κ1) is 10.8. The lowest BCUT2D eigenvalue weighted by atomic mass is 10.4. The van der Waals surface area contributed by atoms with Crippen molar-refractivity contribution in [3.05, 3.63) is 0 Å². The summed E-state index contributed by atoms with van der Waals surface area (Å²) in [4.78, 5) is 0. The fourth-order valence-electron chi connectivity index (χ4n) is 0.495. The minimum atomic E-state index is -4.26. The summed E-state index contributed by atoms with van der Waals surface area (Å²) in [5.41, 5.74) is 0. The van der Waals surface area contributed by atoms with E-state index in [2.05, 4.69) is 9.50 Å². The zero-order valence-electron chi connectivity index (χ0n) is 6.57. The maximum absolute atomic E-state index is 9.98. The molecule has 2 N–H and O–H groups in total. The van der Waals surface area contributed by atoms with Crippen molar-refractivity contribution in [2.75, 3.05) is 13.2 Å². The van der Waals surface area contributed by atoms with Crippen LogP contribution in [0, 0.1) is 0 Å². The van der Waals surface area contributed by atoms with E-state index in [9.17, 15) is 8.42 Å². The van der Waals surface area contributed by atoms with Gasteiger partial charge >= 0.3 is 10.4 Å². The van der Waals surface area contributed by atoms with Crippen molar-refractivity contribution in [3.63, 3.8) is 0 Å². The van der Waals surface area contributed by atoms with E-state index < -0.39 is 10.4 Å². The minimum Gasteiger partial charge on any atom is -0.312 e. The van der Waals surface area contributed by atoms with Gasteiger partial charge in [-0.25, -0.2) is 4.18 Å². The molecule has 0 aromatic carbocycles. The molecule has 0 heterocycles. The molecule has 0 saturated heterocycles. The molecule has 0 amide bonds. The number of hydrogen-bond donors (Lipinski definition) is 2. The fourth-order valence-corrected chi connectivity index (χ4v) is 0.789. The summed E-state index contributed by atoms with van der Waals surface area (Å²) in [6, 6.07) is 0.278. The van der Waals surface area contributed by atoms with E-state index in [1.54, 1.807) is 0 Å². The molecule has 5 nitrogen and oxygen atoms in total. The third-order valence-corrected chi connectivity index (χ3v) is 1.35. The lowest BCUT2D eigenvalue weighted by Gasteiger charge is -2.06. The molecule has 6 heteroatoms. The highest BCUT2D eigenvalue weighted by Crippen LogP contribution is 1.84. The van der Waals surface area contributed by atoms with Gasteiger partial charge in [-0.1, -0.05) is 13.8 Å². The van der Waals surface area contributed by atoms with E-state index in [-0.39, 0.29) is 12.6 Å². The summed E-state index contributed by atoms with van der Waals surface area (Å²) >= 11 is 0. The van der Waals surface area contributed by atoms with Crippen molar-refractivity contribution in [2.45, 2.75) is 19.9 Å². The molecule has 0 aromatic rings. The average Bonchev–Trinajstić information content (AvgIpc) is 1.78. The lowest BCUT2D eigenvalue weighted by molar-refractivity contribution is 0.265. The summed E-state index contributed by atoms with van der Waals surface area (Å²) in [5.74, 6) is 0. The van der Waals surface area contributed by atoms with E-state index in [1.165, 1.54) is 0 Å². The van der Waals surface area contributed by atoms with Crippen LogP contribution in [0.5, 0.6) is 0 Å². The molecule has 0 fully saturated rings. The molecule has 0 rings (SSSR count). The standard InChI is InChI=1S/C5H13NO4S/c1-5(2)6-3-4-10-11(7,8)9/h5-6H,3-4H2,1-2H3,(H,7,8,9). The van der Waals surface area contributed by atoms with Crippen LogP contribution in [0.15, 0.2) is 0 Å². The first-order valence-corrected chi connectivity index (χ1v) is 4.63. The van der Waals surface area contributed by atoms with Gasteiger partial charge in [-0.2, -0.15) is 8.42 Å². The van der Waals surface area contributed by atoms with Crippen molar-refractivity contribution in [3.8, 4) is 0 Å². The molecule has 0 atom stereocenters. The van der Waals surface area contributed by atoms with E-state index in [1.807, 2.05) is 13.8 Å². The molecule has 68 valence electrons. The average molecular weight is 183 g/mol. The maximum Gasteiger partial charge on any atom is 0.397 e. The zero-order chi connectivity index (χ0) is 8.91. The Hall–Kier alpha value is -0.170. The van der Waals surface area contributed by atoms with E-state index in [0.717, 1.165) is 0 Å². The summed E-state index contributed by atoms with van der Waals surface area (Å²) < 4.78 is 32.1. The van der Waals surface area contributed by atoms with Crippen LogP contribution in [0.25, 0.3) is 0 Å². The summed E-state index contributed by atoms with van der Waals surface area (Å²) in [6.07, 6.45) is 0. The van der Waals surface area contributed by atoms with Crippen molar-refractivity contribution < 1.29 is 17.2 Å². The smallest absolute Gasteiger partial charge is 0.312 e. The molecular weight excluding hydrogens is 170 g/mol. The van der Waals surface area contributed by atoms with Gasteiger partial charge in [-0.05, 0) is 0 Å². The van der Waals surface area contributed by atoms with Crippen LogP contribution < -0.4 is 5.32 Å². The number of nitrogens with one attached hydrogen (secondary N) is 1. The maximum atomic E-state index is 9.98. The van der Waals surface area contributed by atoms with Crippen LogP contribution in [-0.2, 0) is 14.6 Å². The van der Waals surface area contributed by atoms with Crippen molar-refractivity contribution in [1.29, 1.82) is 0 Å². The summed E-state index contributed by atoms with van der Waals surface area (Å²) in [7, 11) is -4.26. The molecular formula is C5H13NO4S. The second kappa shape index (κ2) is 4.66. The van der Waals surface area contributed by atoms with Crippen molar-refractivity contribution in [2.24, 2.45) is 0 Å². The van der Waals surface area contributed by atoms with Crippen LogP contribution in [0.2, 0.25) is 0 Å². The van der Waals surface area contributed by atoms with E-state index in [4.69, 9.17) is 4.55 Å². The Bertz CT molecular complexity index is 187. The van der Waals surface area contributed by atoms with Gasteiger partial charge in [0.05, 0.1) is 6.61 Å². The number of hydrogen-bond acceptors (Lipinski definition) is 4. The molecule has 0 saturated carbocycles. The fraction of sp³-hybridized carbons (Fsp3) is 1.00. The van der Waals surface area contributed by atoms with Crippen molar-refractivity contribution in [1.82, 2.24) is 5.32 Å². The Morgan fingerprint density at radius 2 is 2.09 bits per heavy atom. The topological polar surface area (TPSA) is 75.6 Å². The van der Waals surface area contributed by atoms with Gasteiger partial charge < -0.3 is 5.32 Å². The molecule has 0 spiro atoms. The largest absolute Gasteiger partial charge is 0.397 e. The Kier molecular flexibility index (Phi) is 4.58. The summed E-state index contributed by atoms with van der Waals surface area (Å²) in [5, 5.41) is 2.92. The minimum absolute atomic E-state index is 0.0446. The molecule has 11 heavy (non-hydrogen) atoms. The second-order valence-electron chi connectivity index (χ2n) is 2.36. The van der Waals surface area contributed by atoms with Crippen LogP contribution >= 0.6 is 0 Å². The first-order chi connectivity index (χ1) is 4.92. The monoisotopic (exact) mass is 183 g/mol. The van der Waals surface area contributed by atoms with Crippen LogP contribution in [0.3, 0.4) is 0 Å². The van der Waals surface area contributed by atoms with Gasteiger partial charge in [-0.15, -0.1) is 0 Å². The molecule has 0 aliphatic heterocycles. The van der Waals surface area contributed by atoms with Gasteiger partial charge in [0.2, 0.25) is 0 Å². The van der Waals surface area contributed by atoms with Gasteiger partial charge in [0.15, 0.2) is 0 Å². The Morgan fingerprint density at radius 3 is 2.45 bits per heavy atom. The predicted molar refractivity (Wildman–Crippen MR) is 40.6 cm³/mol. The highest BCUT2D eigenvalue weighted by molar-refractivity contribution is 7.80. The quantitative estimate of drug-likeness (QED) is 0.456. The summed E-state index contributed by atoms with van der Waals surface area (Å²) in [6.45, 7) is 4.20. The lowest BCUT2D eigenvalue weighted by Crippen LogP contribution is -2.27. The normalized spacial score (nSPS) is 12.4. The number of rotatable bonds is 5. The van der Waals surface area contributed by atoms with Gasteiger partial charge in [-0.3, -0.25) is 4.55 Å². The first-order valence-electron chi connectivity index (χ1n) is 3.27. The van der Waals surface area contributed by atoms with Crippen LogP contribution in [0.1, 0.15) is 13.8 Å². The van der Waals surface area contributed by atoms with Crippen molar-refractivity contribution >= 4 is 10.4 Å². The third-order valence-electron chi connectivity index (χ3n) is 0.887. The molecule has 0 unspecified atom stereocenters. The Labute approximate surface area is 66.7 Å². The predicted octanol–water partition coefficient (Wildman–Crippen LogP) is -0.196. The molecule has 0 bridgehead atoms. The van der Waals surface area contributed by atoms with Gasteiger partial charge in [0, 0.05) is 12.6 Å². The molecule has 0 aliphatic carbocycles. The molecule has 0 radical (unpaired) electrons. The van der Waals surface area contributed by atoms with Crippen LogP contribution in [0.4, 0.5) is 0 Å². The Morgan fingerprint density at radius 1 is 1.55 bits per heavy atom. The van der Waals surface area contributed by atoms with Gasteiger partial charge in [0.1, 0.15) is 0 Å². The Balaban J connectivity index is 3.30. The zero-order valence-corrected chi connectivity index (χ0v) is 7.39. The molecule has 0 aliphatic rings. The van der Waals surface area contributed by atoms with Crippen LogP contribution in [-0.4, -0.2) is 32.2 Å². The highest BCUT2D eigenvalue weighted by atomic mass is 32.3. The molecule has 0 aromatic heterocycles. The van der Waals surface area contributed by atoms with E-state index >= 15 is 0 Å². The highest BCUT2D eigenvalue weighted by Gasteiger charge is 2.02. The third kappa shape index (κ3) is 9.83.